The van der Waals surface area contributed by atoms with Gasteiger partial charge in [-0.05, 0) is 13.0 Å². The first-order chi connectivity index (χ1) is 4.86. The summed E-state index contributed by atoms with van der Waals surface area (Å²) in [6, 6.07) is 0. The number of allylic oxidation sites excluding steroid dienone is 1. The minimum absolute atomic E-state index is 0.975. The van der Waals surface area contributed by atoms with E-state index in [1.54, 1.807) is 12.4 Å². The molecule has 0 spiro atoms. The van der Waals surface area contributed by atoms with Crippen LogP contribution in [0.15, 0.2) is 18.0 Å². The van der Waals surface area contributed by atoms with E-state index in [-0.39, 0.29) is 0 Å². The summed E-state index contributed by atoms with van der Waals surface area (Å²) < 4.78 is 0. The van der Waals surface area contributed by atoms with Gasteiger partial charge in [-0.15, -0.1) is 0 Å². The van der Waals surface area contributed by atoms with Crippen LogP contribution in [0, 0.1) is 0 Å². The monoisotopic (exact) mass is 132 g/mol. The average molecular weight is 132 g/mol. The molecule has 0 amide bonds. The van der Waals surface area contributed by atoms with Crippen molar-refractivity contribution < 1.29 is 0 Å². The lowest BCUT2D eigenvalue weighted by Crippen LogP contribution is -1.89. The number of hydrogen-bond donors (Lipinski definition) is 0. The van der Waals surface area contributed by atoms with Gasteiger partial charge >= 0.3 is 0 Å². The molecule has 0 radical (unpaired) electrons. The molecule has 0 aromatic carbocycles. The molecule has 0 saturated carbocycles. The Hall–Kier alpha value is -1.18. The van der Waals surface area contributed by atoms with E-state index in [2.05, 4.69) is 23.0 Å². The molecular weight excluding hydrogens is 124 g/mol. The third-order valence-electron chi connectivity index (χ3n) is 1.64. The SMILES string of the molecule is CC1=Cc2nccnc2C1. The molecule has 1 aromatic rings. The summed E-state index contributed by atoms with van der Waals surface area (Å²) in [5.41, 5.74) is 3.50. The Balaban J connectivity index is 2.54. The Bertz CT molecular complexity index is 289. The minimum Gasteiger partial charge on any atom is -0.257 e. The quantitative estimate of drug-likeness (QED) is 0.533. The van der Waals surface area contributed by atoms with Crippen LogP contribution in [0.5, 0.6) is 0 Å². The highest BCUT2D eigenvalue weighted by Gasteiger charge is 2.09. The van der Waals surface area contributed by atoms with Crippen LogP contribution in [0.25, 0.3) is 6.08 Å². The molecule has 0 aliphatic heterocycles. The number of fused-ring (bicyclic) bond motifs is 1. The van der Waals surface area contributed by atoms with E-state index in [9.17, 15) is 0 Å². The fraction of sp³-hybridized carbons (Fsp3) is 0.250. The van der Waals surface area contributed by atoms with Gasteiger partial charge in [0.1, 0.15) is 0 Å². The average Bonchev–Trinajstić information content (AvgIpc) is 2.27. The lowest BCUT2D eigenvalue weighted by atomic mass is 10.2. The second kappa shape index (κ2) is 1.90. The molecule has 2 heteroatoms. The predicted molar refractivity (Wildman–Crippen MR) is 39.4 cm³/mol. The van der Waals surface area contributed by atoms with Crippen molar-refractivity contribution in [1.82, 2.24) is 9.97 Å². The third-order valence-corrected chi connectivity index (χ3v) is 1.64. The van der Waals surface area contributed by atoms with Gasteiger partial charge < -0.3 is 0 Å². The van der Waals surface area contributed by atoms with Gasteiger partial charge in [-0.3, -0.25) is 9.97 Å². The van der Waals surface area contributed by atoms with Gasteiger partial charge in [-0.25, -0.2) is 0 Å². The Morgan fingerprint density at radius 1 is 1.30 bits per heavy atom. The summed E-state index contributed by atoms with van der Waals surface area (Å²) in [5.74, 6) is 0. The lowest BCUT2D eigenvalue weighted by molar-refractivity contribution is 1.04. The molecule has 2 rings (SSSR count). The standard InChI is InChI=1S/C8H8N2/c1-6-4-7-8(5-6)10-3-2-9-7/h2-4H,5H2,1H3. The normalized spacial score (nSPS) is 14.7. The number of aromatic nitrogens is 2. The predicted octanol–water partition coefficient (Wildman–Crippen LogP) is 1.44. The van der Waals surface area contributed by atoms with Crippen LogP contribution in [0.2, 0.25) is 0 Å². The molecule has 1 aromatic heterocycles. The summed E-state index contributed by atoms with van der Waals surface area (Å²) in [7, 11) is 0. The molecule has 10 heavy (non-hydrogen) atoms. The van der Waals surface area contributed by atoms with Crippen LogP contribution in [0.1, 0.15) is 18.3 Å². The van der Waals surface area contributed by atoms with E-state index >= 15 is 0 Å². The van der Waals surface area contributed by atoms with Gasteiger partial charge in [-0.1, -0.05) is 5.57 Å². The van der Waals surface area contributed by atoms with Gasteiger partial charge in [0.05, 0.1) is 11.4 Å². The van der Waals surface area contributed by atoms with Crippen LogP contribution in [0.3, 0.4) is 0 Å². The molecule has 2 nitrogen and oxygen atoms in total. The van der Waals surface area contributed by atoms with Crippen molar-refractivity contribution in [3.63, 3.8) is 0 Å². The second-order valence-corrected chi connectivity index (χ2v) is 2.56. The number of rotatable bonds is 0. The van der Waals surface area contributed by atoms with E-state index in [1.165, 1.54) is 5.57 Å². The van der Waals surface area contributed by atoms with Gasteiger partial charge in [0.15, 0.2) is 0 Å². The van der Waals surface area contributed by atoms with E-state index in [0.717, 1.165) is 17.8 Å². The van der Waals surface area contributed by atoms with Gasteiger partial charge in [-0.2, -0.15) is 0 Å². The van der Waals surface area contributed by atoms with Crippen molar-refractivity contribution in [2.45, 2.75) is 13.3 Å². The summed E-state index contributed by atoms with van der Waals surface area (Å²) >= 11 is 0. The Morgan fingerprint density at radius 3 is 2.90 bits per heavy atom. The zero-order valence-electron chi connectivity index (χ0n) is 5.83. The van der Waals surface area contributed by atoms with Crippen LogP contribution in [0.4, 0.5) is 0 Å². The largest absolute Gasteiger partial charge is 0.257 e. The van der Waals surface area contributed by atoms with E-state index in [0.29, 0.717) is 0 Å². The maximum absolute atomic E-state index is 4.20. The molecule has 0 atom stereocenters. The fourth-order valence-electron chi connectivity index (χ4n) is 1.18. The van der Waals surface area contributed by atoms with Crippen molar-refractivity contribution in [3.8, 4) is 0 Å². The van der Waals surface area contributed by atoms with E-state index < -0.39 is 0 Å². The Kier molecular flexibility index (Phi) is 1.07. The zero-order valence-corrected chi connectivity index (χ0v) is 5.83. The highest BCUT2D eigenvalue weighted by molar-refractivity contribution is 5.57. The van der Waals surface area contributed by atoms with Crippen LogP contribution in [-0.4, -0.2) is 9.97 Å². The lowest BCUT2D eigenvalue weighted by Gasteiger charge is -1.91. The van der Waals surface area contributed by atoms with E-state index in [4.69, 9.17) is 0 Å². The minimum atomic E-state index is 0.975. The topological polar surface area (TPSA) is 25.8 Å². The summed E-state index contributed by atoms with van der Waals surface area (Å²) in [5, 5.41) is 0. The first-order valence-corrected chi connectivity index (χ1v) is 3.33. The Morgan fingerprint density at radius 2 is 2.10 bits per heavy atom. The highest BCUT2D eigenvalue weighted by atomic mass is 14.8. The first-order valence-electron chi connectivity index (χ1n) is 3.33. The molecular formula is C8H8N2. The highest BCUT2D eigenvalue weighted by Crippen LogP contribution is 2.19. The number of hydrogen-bond acceptors (Lipinski definition) is 2. The molecule has 0 saturated heterocycles. The van der Waals surface area contributed by atoms with Gasteiger partial charge in [0.25, 0.3) is 0 Å². The number of nitrogens with zero attached hydrogens (tertiary/aromatic N) is 2. The maximum atomic E-state index is 4.20. The van der Waals surface area contributed by atoms with Crippen molar-refractivity contribution >= 4 is 6.08 Å². The summed E-state index contributed by atoms with van der Waals surface area (Å²) in [6.45, 7) is 2.10. The first kappa shape index (κ1) is 5.59. The summed E-state index contributed by atoms with van der Waals surface area (Å²) in [6.07, 6.45) is 6.53. The third kappa shape index (κ3) is 0.727. The molecule has 0 fully saturated rings. The van der Waals surface area contributed by atoms with Crippen LogP contribution < -0.4 is 0 Å². The Labute approximate surface area is 59.6 Å². The van der Waals surface area contributed by atoms with Gasteiger partial charge in [0.2, 0.25) is 0 Å². The van der Waals surface area contributed by atoms with Crippen molar-refractivity contribution in [2.75, 3.05) is 0 Å². The molecule has 0 unspecified atom stereocenters. The fourth-order valence-corrected chi connectivity index (χ4v) is 1.18. The molecule has 0 bridgehead atoms. The molecule has 1 heterocycles. The van der Waals surface area contributed by atoms with Crippen molar-refractivity contribution in [3.05, 3.63) is 29.4 Å². The molecule has 50 valence electrons. The molecule has 1 aliphatic rings. The summed E-state index contributed by atoms with van der Waals surface area (Å²) in [4.78, 5) is 8.37. The van der Waals surface area contributed by atoms with Crippen LogP contribution in [-0.2, 0) is 6.42 Å². The smallest absolute Gasteiger partial charge is 0.0847 e. The van der Waals surface area contributed by atoms with E-state index in [1.807, 2.05) is 0 Å². The second-order valence-electron chi connectivity index (χ2n) is 2.56. The van der Waals surface area contributed by atoms with Crippen molar-refractivity contribution in [1.29, 1.82) is 0 Å². The maximum Gasteiger partial charge on any atom is 0.0847 e. The molecule has 1 aliphatic carbocycles. The molecule has 0 N–H and O–H groups in total. The van der Waals surface area contributed by atoms with Gasteiger partial charge in [0, 0.05) is 18.8 Å². The zero-order chi connectivity index (χ0) is 6.97. The van der Waals surface area contributed by atoms with Crippen molar-refractivity contribution in [2.24, 2.45) is 0 Å². The van der Waals surface area contributed by atoms with Crippen LogP contribution >= 0.6 is 0 Å².